The molecule has 0 fully saturated rings. The first-order valence-corrected chi connectivity index (χ1v) is 8.89. The molecule has 0 aromatic heterocycles. The van der Waals surface area contributed by atoms with Gasteiger partial charge in [0.25, 0.3) is 0 Å². The number of nitrogens with two attached hydrogens (primary N) is 1. The molecular formula is C23H25NO3. The summed E-state index contributed by atoms with van der Waals surface area (Å²) >= 11 is 0. The van der Waals surface area contributed by atoms with Gasteiger partial charge in [-0.2, -0.15) is 0 Å². The Balaban J connectivity index is 1.85. The summed E-state index contributed by atoms with van der Waals surface area (Å²) in [5, 5.41) is 0. The first-order valence-electron chi connectivity index (χ1n) is 8.89. The quantitative estimate of drug-likeness (QED) is 0.660. The predicted octanol–water partition coefficient (Wildman–Crippen LogP) is 4.72. The van der Waals surface area contributed by atoms with Gasteiger partial charge in [0.2, 0.25) is 0 Å². The SMILES string of the molecule is COc1cc(OCc2cccc(-c3ccccc3)c2C)cc(OC)c1CN. The average Bonchev–Trinajstić information content (AvgIpc) is 2.72. The molecule has 0 spiro atoms. The third kappa shape index (κ3) is 4.07. The zero-order chi connectivity index (χ0) is 19.2. The van der Waals surface area contributed by atoms with E-state index < -0.39 is 0 Å². The van der Waals surface area contributed by atoms with Gasteiger partial charge >= 0.3 is 0 Å². The van der Waals surface area contributed by atoms with Crippen molar-refractivity contribution in [2.75, 3.05) is 14.2 Å². The summed E-state index contributed by atoms with van der Waals surface area (Å²) in [6.45, 7) is 2.92. The van der Waals surface area contributed by atoms with Crippen molar-refractivity contribution in [1.82, 2.24) is 0 Å². The molecule has 0 bridgehead atoms. The molecule has 4 heteroatoms. The Morgan fingerprint density at radius 1 is 0.852 bits per heavy atom. The van der Waals surface area contributed by atoms with Crippen LogP contribution in [0.25, 0.3) is 11.1 Å². The molecule has 0 amide bonds. The van der Waals surface area contributed by atoms with E-state index in [-0.39, 0.29) is 0 Å². The Labute approximate surface area is 160 Å². The van der Waals surface area contributed by atoms with Gasteiger partial charge in [0.1, 0.15) is 23.9 Å². The number of methoxy groups -OCH3 is 2. The minimum Gasteiger partial charge on any atom is -0.496 e. The first-order chi connectivity index (χ1) is 13.2. The maximum absolute atomic E-state index is 6.05. The molecule has 0 unspecified atom stereocenters. The second-order valence-corrected chi connectivity index (χ2v) is 6.25. The average molecular weight is 363 g/mol. The van der Waals surface area contributed by atoms with E-state index >= 15 is 0 Å². The van der Waals surface area contributed by atoms with E-state index in [2.05, 4.69) is 49.4 Å². The fraction of sp³-hybridized carbons (Fsp3) is 0.217. The molecule has 0 saturated carbocycles. The van der Waals surface area contributed by atoms with Crippen molar-refractivity contribution in [3.63, 3.8) is 0 Å². The van der Waals surface area contributed by atoms with E-state index in [4.69, 9.17) is 19.9 Å². The van der Waals surface area contributed by atoms with E-state index in [1.807, 2.05) is 18.2 Å². The molecule has 140 valence electrons. The zero-order valence-electron chi connectivity index (χ0n) is 16.0. The summed E-state index contributed by atoms with van der Waals surface area (Å²) in [5.74, 6) is 2.02. The van der Waals surface area contributed by atoms with E-state index in [0.29, 0.717) is 30.4 Å². The molecule has 3 aromatic carbocycles. The number of hydrogen-bond acceptors (Lipinski definition) is 4. The molecule has 0 saturated heterocycles. The second kappa shape index (κ2) is 8.60. The third-order valence-corrected chi connectivity index (χ3v) is 4.71. The van der Waals surface area contributed by atoms with Crippen LogP contribution in [0.15, 0.2) is 60.7 Å². The fourth-order valence-corrected chi connectivity index (χ4v) is 3.18. The van der Waals surface area contributed by atoms with Gasteiger partial charge in [-0.1, -0.05) is 48.5 Å². The summed E-state index contributed by atoms with van der Waals surface area (Å²) in [7, 11) is 3.23. The highest BCUT2D eigenvalue weighted by molar-refractivity contribution is 5.68. The Bertz CT molecular complexity index is 882. The van der Waals surface area contributed by atoms with Crippen molar-refractivity contribution in [1.29, 1.82) is 0 Å². The van der Waals surface area contributed by atoms with Crippen LogP contribution >= 0.6 is 0 Å². The van der Waals surface area contributed by atoms with E-state index in [1.54, 1.807) is 14.2 Å². The standard InChI is InChI=1S/C23H25NO3/c1-16-18(10-7-11-20(16)17-8-5-4-6-9-17)15-27-19-12-22(25-2)21(14-24)23(13-19)26-3/h4-13H,14-15,24H2,1-3H3. The molecule has 0 heterocycles. The number of hydrogen-bond donors (Lipinski definition) is 1. The molecule has 3 aromatic rings. The van der Waals surface area contributed by atoms with Gasteiger partial charge in [0.15, 0.2) is 0 Å². The molecule has 0 aliphatic heterocycles. The largest absolute Gasteiger partial charge is 0.496 e. The minimum atomic E-state index is 0.338. The highest BCUT2D eigenvalue weighted by Crippen LogP contribution is 2.34. The van der Waals surface area contributed by atoms with E-state index in [0.717, 1.165) is 11.1 Å². The van der Waals surface area contributed by atoms with Crippen LogP contribution in [0.3, 0.4) is 0 Å². The van der Waals surface area contributed by atoms with Crippen molar-refractivity contribution in [2.45, 2.75) is 20.1 Å². The lowest BCUT2D eigenvalue weighted by molar-refractivity contribution is 0.299. The summed E-state index contributed by atoms with van der Waals surface area (Å²) < 4.78 is 16.9. The molecule has 0 radical (unpaired) electrons. The van der Waals surface area contributed by atoms with Crippen molar-refractivity contribution >= 4 is 0 Å². The lowest BCUT2D eigenvalue weighted by atomic mass is 9.97. The van der Waals surface area contributed by atoms with Crippen LogP contribution in [0.2, 0.25) is 0 Å². The van der Waals surface area contributed by atoms with Gasteiger partial charge in [-0.3, -0.25) is 0 Å². The van der Waals surface area contributed by atoms with Crippen LogP contribution in [-0.2, 0) is 13.2 Å². The molecule has 0 atom stereocenters. The maximum Gasteiger partial charge on any atom is 0.130 e. The number of ether oxygens (including phenoxy) is 3. The van der Waals surface area contributed by atoms with Crippen molar-refractivity contribution in [3.05, 3.63) is 77.4 Å². The molecule has 0 aliphatic carbocycles. The van der Waals surface area contributed by atoms with Crippen LogP contribution in [0.1, 0.15) is 16.7 Å². The van der Waals surface area contributed by atoms with E-state index in [9.17, 15) is 0 Å². The molecule has 3 rings (SSSR count). The van der Waals surface area contributed by atoms with Gasteiger partial charge < -0.3 is 19.9 Å². The Morgan fingerprint density at radius 2 is 1.52 bits per heavy atom. The van der Waals surface area contributed by atoms with Gasteiger partial charge in [0.05, 0.1) is 14.2 Å². The monoisotopic (exact) mass is 363 g/mol. The summed E-state index contributed by atoms with van der Waals surface area (Å²) in [4.78, 5) is 0. The Morgan fingerprint density at radius 3 is 2.11 bits per heavy atom. The van der Waals surface area contributed by atoms with Gasteiger partial charge in [0, 0.05) is 24.2 Å². The van der Waals surface area contributed by atoms with Crippen LogP contribution in [0.4, 0.5) is 0 Å². The normalized spacial score (nSPS) is 10.5. The summed E-state index contributed by atoms with van der Waals surface area (Å²) in [6.07, 6.45) is 0. The fourth-order valence-electron chi connectivity index (χ4n) is 3.18. The van der Waals surface area contributed by atoms with Crippen molar-refractivity contribution in [2.24, 2.45) is 5.73 Å². The predicted molar refractivity (Wildman–Crippen MR) is 108 cm³/mol. The van der Waals surface area contributed by atoms with Crippen LogP contribution in [0, 0.1) is 6.92 Å². The second-order valence-electron chi connectivity index (χ2n) is 6.25. The topological polar surface area (TPSA) is 53.7 Å². The highest BCUT2D eigenvalue weighted by atomic mass is 16.5. The van der Waals surface area contributed by atoms with Crippen molar-refractivity contribution in [3.8, 4) is 28.4 Å². The molecule has 4 nitrogen and oxygen atoms in total. The number of benzene rings is 3. The third-order valence-electron chi connectivity index (χ3n) is 4.71. The lowest BCUT2D eigenvalue weighted by Crippen LogP contribution is -2.05. The number of rotatable bonds is 7. The van der Waals surface area contributed by atoms with E-state index in [1.165, 1.54) is 16.7 Å². The lowest BCUT2D eigenvalue weighted by Gasteiger charge is -2.16. The van der Waals surface area contributed by atoms with Gasteiger partial charge in [-0.15, -0.1) is 0 Å². The molecular weight excluding hydrogens is 338 g/mol. The maximum atomic E-state index is 6.05. The summed E-state index contributed by atoms with van der Waals surface area (Å²) in [5.41, 5.74) is 11.4. The Kier molecular flexibility index (Phi) is 5.99. The summed E-state index contributed by atoms with van der Waals surface area (Å²) in [6, 6.07) is 20.3. The van der Waals surface area contributed by atoms with Gasteiger partial charge in [-0.25, -0.2) is 0 Å². The zero-order valence-corrected chi connectivity index (χ0v) is 16.0. The van der Waals surface area contributed by atoms with Crippen LogP contribution in [0.5, 0.6) is 17.2 Å². The van der Waals surface area contributed by atoms with Crippen molar-refractivity contribution < 1.29 is 14.2 Å². The first kappa shape index (κ1) is 18.8. The molecule has 0 aliphatic rings. The van der Waals surface area contributed by atoms with Crippen LogP contribution < -0.4 is 19.9 Å². The smallest absolute Gasteiger partial charge is 0.130 e. The van der Waals surface area contributed by atoms with Crippen LogP contribution in [-0.4, -0.2) is 14.2 Å². The minimum absolute atomic E-state index is 0.338. The molecule has 27 heavy (non-hydrogen) atoms. The molecule has 2 N–H and O–H groups in total. The highest BCUT2D eigenvalue weighted by Gasteiger charge is 2.13. The van der Waals surface area contributed by atoms with Gasteiger partial charge in [-0.05, 0) is 29.2 Å². The Hall–Kier alpha value is -2.98.